The number of fused-ring (bicyclic) bond motifs is 2. The van der Waals surface area contributed by atoms with Crippen LogP contribution in [0, 0.1) is 17.8 Å². The molecule has 1 aliphatic carbocycles. The number of rotatable bonds is 4. The first-order chi connectivity index (χ1) is 10.0. The maximum atomic E-state index is 12.2. The fourth-order valence-corrected chi connectivity index (χ4v) is 4.52. The smallest absolute Gasteiger partial charge is 0.306 e. The van der Waals surface area contributed by atoms with Crippen molar-refractivity contribution in [1.29, 1.82) is 0 Å². The van der Waals surface area contributed by atoms with Crippen LogP contribution in [0.25, 0.3) is 0 Å². The average Bonchev–Trinajstić information content (AvgIpc) is 3.00. The average molecular weight is 294 g/mol. The second-order valence-corrected chi connectivity index (χ2v) is 7.18. The lowest BCUT2D eigenvalue weighted by Crippen LogP contribution is -2.44. The summed E-state index contributed by atoms with van der Waals surface area (Å²) in [6.45, 7) is 0.772. The van der Waals surface area contributed by atoms with Gasteiger partial charge in [-0.2, -0.15) is 0 Å². The fourth-order valence-electron chi connectivity index (χ4n) is 4.52. The highest BCUT2D eigenvalue weighted by atomic mass is 16.4. The zero-order valence-electron chi connectivity index (χ0n) is 12.8. The second-order valence-electron chi connectivity index (χ2n) is 7.18. The minimum atomic E-state index is -0.753. The van der Waals surface area contributed by atoms with Gasteiger partial charge in [0.05, 0.1) is 5.92 Å². The molecule has 3 fully saturated rings. The van der Waals surface area contributed by atoms with E-state index >= 15 is 0 Å². The van der Waals surface area contributed by atoms with Gasteiger partial charge in [0, 0.05) is 24.5 Å². The van der Waals surface area contributed by atoms with E-state index in [9.17, 15) is 9.59 Å². The van der Waals surface area contributed by atoms with Gasteiger partial charge in [-0.15, -0.1) is 0 Å². The fraction of sp³-hybridized carbons (Fsp3) is 0.875. The third kappa shape index (κ3) is 3.07. The Labute approximate surface area is 126 Å². The highest BCUT2D eigenvalue weighted by Gasteiger charge is 2.39. The van der Waals surface area contributed by atoms with Crippen molar-refractivity contribution in [3.05, 3.63) is 0 Å². The number of nitrogens with zero attached hydrogens (tertiary/aromatic N) is 1. The summed E-state index contributed by atoms with van der Waals surface area (Å²) in [5, 5.41) is 12.1. The summed E-state index contributed by atoms with van der Waals surface area (Å²) in [4.78, 5) is 25.6. The molecule has 4 unspecified atom stereocenters. The van der Waals surface area contributed by atoms with E-state index in [1.807, 2.05) is 0 Å². The number of carbonyl (C=O) groups excluding carboxylic acids is 1. The molecule has 2 bridgehead atoms. The highest BCUT2D eigenvalue weighted by Crippen LogP contribution is 2.37. The molecule has 5 heteroatoms. The number of aliphatic carboxylic acids is 1. The van der Waals surface area contributed by atoms with Gasteiger partial charge in [-0.3, -0.25) is 9.59 Å². The van der Waals surface area contributed by atoms with Gasteiger partial charge in [0.25, 0.3) is 0 Å². The molecule has 0 radical (unpaired) electrons. The molecule has 0 aromatic heterocycles. The maximum absolute atomic E-state index is 12.2. The van der Waals surface area contributed by atoms with Crippen molar-refractivity contribution in [2.75, 3.05) is 13.6 Å². The van der Waals surface area contributed by atoms with E-state index in [1.54, 1.807) is 0 Å². The van der Waals surface area contributed by atoms with Crippen molar-refractivity contribution in [3.63, 3.8) is 0 Å². The van der Waals surface area contributed by atoms with Gasteiger partial charge in [0.1, 0.15) is 0 Å². The van der Waals surface area contributed by atoms with Crippen LogP contribution in [-0.4, -0.2) is 47.6 Å². The standard InChI is InChI=1S/C16H26N2O3/c1-18-13-4-5-14(18)7-10(6-13)9-17-15(19)11-2-3-12(8-11)16(20)21/h10-14H,2-9H2,1H3,(H,17,19)(H,20,21). The van der Waals surface area contributed by atoms with Gasteiger partial charge >= 0.3 is 5.97 Å². The van der Waals surface area contributed by atoms with Crippen molar-refractivity contribution < 1.29 is 14.7 Å². The van der Waals surface area contributed by atoms with E-state index in [0.29, 0.717) is 30.8 Å². The third-order valence-corrected chi connectivity index (χ3v) is 5.91. The number of hydrogen-bond donors (Lipinski definition) is 2. The topological polar surface area (TPSA) is 69.6 Å². The largest absolute Gasteiger partial charge is 0.481 e. The normalized spacial score (nSPS) is 39.4. The summed E-state index contributed by atoms with van der Waals surface area (Å²) >= 11 is 0. The summed E-state index contributed by atoms with van der Waals surface area (Å²) in [5.41, 5.74) is 0. The number of amides is 1. The quantitative estimate of drug-likeness (QED) is 0.824. The Balaban J connectivity index is 1.44. The molecule has 21 heavy (non-hydrogen) atoms. The van der Waals surface area contributed by atoms with Crippen LogP contribution in [0.15, 0.2) is 0 Å². The molecule has 2 heterocycles. The summed E-state index contributed by atoms with van der Waals surface area (Å²) < 4.78 is 0. The predicted molar refractivity (Wildman–Crippen MR) is 78.8 cm³/mol. The van der Waals surface area contributed by atoms with Crippen molar-refractivity contribution in [1.82, 2.24) is 10.2 Å². The van der Waals surface area contributed by atoms with Crippen molar-refractivity contribution in [3.8, 4) is 0 Å². The van der Waals surface area contributed by atoms with E-state index in [4.69, 9.17) is 5.11 Å². The highest BCUT2D eigenvalue weighted by molar-refractivity contribution is 5.80. The number of hydrogen-bond acceptors (Lipinski definition) is 3. The Hall–Kier alpha value is -1.10. The zero-order chi connectivity index (χ0) is 15.0. The lowest BCUT2D eigenvalue weighted by molar-refractivity contribution is -0.141. The van der Waals surface area contributed by atoms with Gasteiger partial charge in [0.15, 0.2) is 0 Å². The Morgan fingerprint density at radius 3 is 2.24 bits per heavy atom. The summed E-state index contributed by atoms with van der Waals surface area (Å²) in [6.07, 6.45) is 6.86. The molecule has 1 saturated carbocycles. The van der Waals surface area contributed by atoms with Crippen molar-refractivity contribution >= 4 is 11.9 Å². The van der Waals surface area contributed by atoms with E-state index in [0.717, 1.165) is 13.0 Å². The number of carboxylic acids is 1. The van der Waals surface area contributed by atoms with Crippen LogP contribution in [0.1, 0.15) is 44.9 Å². The van der Waals surface area contributed by atoms with Crippen LogP contribution in [0.4, 0.5) is 0 Å². The minimum Gasteiger partial charge on any atom is -0.481 e. The van der Waals surface area contributed by atoms with Gasteiger partial charge < -0.3 is 15.3 Å². The third-order valence-electron chi connectivity index (χ3n) is 5.91. The number of nitrogens with one attached hydrogen (secondary N) is 1. The molecule has 2 aliphatic heterocycles. The van der Waals surface area contributed by atoms with Crippen LogP contribution in [0.3, 0.4) is 0 Å². The van der Waals surface area contributed by atoms with Gasteiger partial charge in [-0.25, -0.2) is 0 Å². The van der Waals surface area contributed by atoms with Crippen LogP contribution in [-0.2, 0) is 9.59 Å². The van der Waals surface area contributed by atoms with Gasteiger partial charge in [0.2, 0.25) is 5.91 Å². The van der Waals surface area contributed by atoms with Gasteiger partial charge in [-0.05, 0) is 57.9 Å². The van der Waals surface area contributed by atoms with Crippen molar-refractivity contribution in [2.45, 2.75) is 57.0 Å². The molecule has 3 rings (SSSR count). The lowest BCUT2D eigenvalue weighted by Gasteiger charge is -2.36. The molecule has 2 saturated heterocycles. The summed E-state index contributed by atoms with van der Waals surface area (Å²) in [7, 11) is 2.22. The number of carbonyl (C=O) groups is 2. The molecule has 0 spiro atoms. The second kappa shape index (κ2) is 5.95. The first-order valence-electron chi connectivity index (χ1n) is 8.27. The minimum absolute atomic E-state index is 0.0741. The molecular weight excluding hydrogens is 268 g/mol. The van der Waals surface area contributed by atoms with Crippen LogP contribution in [0.5, 0.6) is 0 Å². The molecule has 118 valence electrons. The lowest BCUT2D eigenvalue weighted by atomic mass is 9.91. The number of piperidine rings is 1. The molecule has 0 aromatic rings. The Morgan fingerprint density at radius 1 is 1.05 bits per heavy atom. The van der Waals surface area contributed by atoms with E-state index in [1.165, 1.54) is 25.7 Å². The van der Waals surface area contributed by atoms with E-state index in [-0.39, 0.29) is 17.7 Å². The Bertz CT molecular complexity index is 412. The molecule has 0 aromatic carbocycles. The molecule has 1 amide bonds. The predicted octanol–water partition coefficient (Wildman–Crippen LogP) is 1.48. The van der Waals surface area contributed by atoms with Gasteiger partial charge in [-0.1, -0.05) is 0 Å². The number of carboxylic acid groups (broad SMARTS) is 1. The SMILES string of the molecule is CN1C2CCC1CC(CNC(=O)C1CCC(C(=O)O)C1)C2. The summed E-state index contributed by atoms with van der Waals surface area (Å²) in [5.74, 6) is -0.490. The Kier molecular flexibility index (Phi) is 4.20. The van der Waals surface area contributed by atoms with E-state index in [2.05, 4.69) is 17.3 Å². The molecule has 4 atom stereocenters. The first kappa shape index (κ1) is 14.8. The molecule has 5 nitrogen and oxygen atoms in total. The molecule has 3 aliphatic rings. The zero-order valence-corrected chi connectivity index (χ0v) is 12.8. The van der Waals surface area contributed by atoms with Crippen molar-refractivity contribution in [2.24, 2.45) is 17.8 Å². The maximum Gasteiger partial charge on any atom is 0.306 e. The molecule has 2 N–H and O–H groups in total. The molecular formula is C16H26N2O3. The van der Waals surface area contributed by atoms with Crippen LogP contribution in [0.2, 0.25) is 0 Å². The first-order valence-corrected chi connectivity index (χ1v) is 8.27. The monoisotopic (exact) mass is 294 g/mol. The summed E-state index contributed by atoms with van der Waals surface area (Å²) in [6, 6.07) is 1.40. The van der Waals surface area contributed by atoms with Crippen LogP contribution >= 0.6 is 0 Å². The van der Waals surface area contributed by atoms with Crippen LogP contribution < -0.4 is 5.32 Å². The van der Waals surface area contributed by atoms with E-state index < -0.39 is 5.97 Å². The Morgan fingerprint density at radius 2 is 1.67 bits per heavy atom.